The van der Waals surface area contributed by atoms with Crippen LogP contribution in [0.3, 0.4) is 0 Å². The van der Waals surface area contributed by atoms with Crippen LogP contribution in [0.15, 0.2) is 12.1 Å². The van der Waals surface area contributed by atoms with E-state index in [9.17, 15) is 13.6 Å². The Balaban J connectivity index is 3.43. The van der Waals surface area contributed by atoms with Gasteiger partial charge >= 0.3 is 0 Å². The number of hydrogen-bond donors (Lipinski definition) is 1. The van der Waals surface area contributed by atoms with E-state index in [1.165, 1.54) is 0 Å². The van der Waals surface area contributed by atoms with E-state index in [-0.39, 0.29) is 0 Å². The second kappa shape index (κ2) is 3.06. The Morgan fingerprint density at radius 2 is 2.00 bits per heavy atom. The highest BCUT2D eigenvalue weighted by atomic mass is 35.5. The van der Waals surface area contributed by atoms with Crippen LogP contribution in [0.5, 0.6) is 5.75 Å². The van der Waals surface area contributed by atoms with E-state index < -0.39 is 28.2 Å². The van der Waals surface area contributed by atoms with Gasteiger partial charge < -0.3 is 5.11 Å². The summed E-state index contributed by atoms with van der Waals surface area (Å²) in [5.41, 5.74) is -0.836. The lowest BCUT2D eigenvalue weighted by Gasteiger charge is -2.00. The molecule has 1 aromatic carbocycles. The van der Waals surface area contributed by atoms with Crippen molar-refractivity contribution < 1.29 is 18.7 Å². The Bertz CT molecular complexity index is 338. The largest absolute Gasteiger partial charge is 0.507 e. The van der Waals surface area contributed by atoms with E-state index in [4.69, 9.17) is 16.7 Å². The number of carbonyl (C=O) groups excluding carboxylic acids is 1. The number of rotatable bonds is 1. The van der Waals surface area contributed by atoms with Crippen LogP contribution >= 0.6 is 11.6 Å². The van der Waals surface area contributed by atoms with Gasteiger partial charge in [0.2, 0.25) is 0 Å². The Labute approximate surface area is 71.4 Å². The van der Waals surface area contributed by atoms with Crippen molar-refractivity contribution >= 4 is 16.8 Å². The molecule has 0 saturated carbocycles. The Morgan fingerprint density at radius 3 is 2.42 bits per heavy atom. The lowest BCUT2D eigenvalue weighted by atomic mass is 10.2. The molecule has 1 aromatic rings. The molecule has 1 N–H and O–H groups in total. The van der Waals surface area contributed by atoms with Crippen LogP contribution in [0.1, 0.15) is 10.4 Å². The van der Waals surface area contributed by atoms with Gasteiger partial charge in [-0.2, -0.15) is 0 Å². The SMILES string of the molecule is O=C(Cl)c1c(O)ccc(F)c1F. The zero-order valence-corrected chi connectivity index (χ0v) is 6.40. The normalized spacial score (nSPS) is 9.92. The molecule has 0 aliphatic carbocycles. The molecular weight excluding hydrogens is 190 g/mol. The molecule has 0 aliphatic heterocycles. The van der Waals surface area contributed by atoms with Crippen LogP contribution in [-0.4, -0.2) is 10.3 Å². The topological polar surface area (TPSA) is 37.3 Å². The fourth-order valence-electron chi connectivity index (χ4n) is 0.727. The van der Waals surface area contributed by atoms with Crippen molar-refractivity contribution in [1.82, 2.24) is 0 Å². The quantitative estimate of drug-likeness (QED) is 0.692. The summed E-state index contributed by atoms with van der Waals surface area (Å²) >= 11 is 4.88. The summed E-state index contributed by atoms with van der Waals surface area (Å²) in [6, 6.07) is 1.56. The lowest BCUT2D eigenvalue weighted by Crippen LogP contribution is -1.97. The van der Waals surface area contributed by atoms with Crippen molar-refractivity contribution in [1.29, 1.82) is 0 Å². The van der Waals surface area contributed by atoms with Gasteiger partial charge in [0.1, 0.15) is 11.3 Å². The summed E-state index contributed by atoms with van der Waals surface area (Å²) in [6.45, 7) is 0. The first-order valence-electron chi connectivity index (χ1n) is 2.91. The van der Waals surface area contributed by atoms with Gasteiger partial charge in [-0.25, -0.2) is 8.78 Å². The van der Waals surface area contributed by atoms with Gasteiger partial charge in [0.15, 0.2) is 11.6 Å². The van der Waals surface area contributed by atoms with Crippen LogP contribution in [0.25, 0.3) is 0 Å². The summed E-state index contributed by atoms with van der Waals surface area (Å²) in [7, 11) is 0. The van der Waals surface area contributed by atoms with Gasteiger partial charge in [0.25, 0.3) is 5.24 Å². The van der Waals surface area contributed by atoms with Crippen LogP contribution in [0, 0.1) is 11.6 Å². The summed E-state index contributed by atoms with van der Waals surface area (Å²) in [5.74, 6) is -3.33. The summed E-state index contributed by atoms with van der Waals surface area (Å²) < 4.78 is 25.1. The molecule has 0 aliphatic rings. The molecule has 0 bridgehead atoms. The van der Waals surface area contributed by atoms with Gasteiger partial charge in [0.05, 0.1) is 0 Å². The average molecular weight is 193 g/mol. The number of hydrogen-bond acceptors (Lipinski definition) is 2. The number of benzene rings is 1. The molecule has 0 unspecified atom stereocenters. The highest BCUT2D eigenvalue weighted by Crippen LogP contribution is 2.23. The minimum Gasteiger partial charge on any atom is -0.507 e. The van der Waals surface area contributed by atoms with Crippen molar-refractivity contribution in [2.75, 3.05) is 0 Å². The Morgan fingerprint density at radius 1 is 1.42 bits per heavy atom. The molecule has 5 heteroatoms. The summed E-state index contributed by atoms with van der Waals surface area (Å²) in [4.78, 5) is 10.4. The maximum atomic E-state index is 12.7. The number of halogens is 3. The zero-order chi connectivity index (χ0) is 9.30. The number of phenolic OH excluding ortho intramolecular Hbond substituents is 1. The fourth-order valence-corrected chi connectivity index (χ4v) is 0.907. The van der Waals surface area contributed by atoms with Crippen LogP contribution in [0.4, 0.5) is 8.78 Å². The van der Waals surface area contributed by atoms with Gasteiger partial charge in [0, 0.05) is 0 Å². The van der Waals surface area contributed by atoms with E-state index >= 15 is 0 Å². The molecule has 0 saturated heterocycles. The summed E-state index contributed by atoms with van der Waals surface area (Å²) in [6.07, 6.45) is 0. The first-order chi connectivity index (χ1) is 5.54. The first kappa shape index (κ1) is 8.93. The standard InChI is InChI=1S/C7H3ClF2O2/c8-7(12)5-4(11)2-1-3(9)6(5)10/h1-2,11H. The molecular formula is C7H3ClF2O2. The third kappa shape index (κ3) is 1.38. The molecule has 64 valence electrons. The van der Waals surface area contributed by atoms with Gasteiger partial charge in [-0.15, -0.1) is 0 Å². The Kier molecular flexibility index (Phi) is 2.28. The van der Waals surface area contributed by atoms with E-state index in [1.807, 2.05) is 0 Å². The monoisotopic (exact) mass is 192 g/mol. The van der Waals surface area contributed by atoms with E-state index in [0.717, 1.165) is 6.07 Å². The minimum absolute atomic E-state index is 0.672. The third-order valence-corrected chi connectivity index (χ3v) is 1.46. The molecule has 12 heavy (non-hydrogen) atoms. The third-order valence-electron chi connectivity index (χ3n) is 1.27. The van der Waals surface area contributed by atoms with Gasteiger partial charge in [-0.3, -0.25) is 4.79 Å². The zero-order valence-electron chi connectivity index (χ0n) is 5.64. The summed E-state index contributed by atoms with van der Waals surface area (Å²) in [5, 5.41) is 7.64. The molecule has 1 rings (SSSR count). The van der Waals surface area contributed by atoms with Crippen molar-refractivity contribution in [3.05, 3.63) is 29.3 Å². The molecule has 0 amide bonds. The fraction of sp³-hybridized carbons (Fsp3) is 0. The predicted octanol–water partition coefficient (Wildman–Crippen LogP) is 2.05. The maximum absolute atomic E-state index is 12.7. The second-order valence-corrected chi connectivity index (χ2v) is 2.37. The maximum Gasteiger partial charge on any atom is 0.259 e. The minimum atomic E-state index is -1.44. The molecule has 0 atom stereocenters. The van der Waals surface area contributed by atoms with Crippen LogP contribution < -0.4 is 0 Å². The number of phenols is 1. The smallest absolute Gasteiger partial charge is 0.259 e. The van der Waals surface area contributed by atoms with Crippen LogP contribution in [-0.2, 0) is 0 Å². The first-order valence-corrected chi connectivity index (χ1v) is 3.28. The highest BCUT2D eigenvalue weighted by molar-refractivity contribution is 6.68. The molecule has 0 spiro atoms. The van der Waals surface area contributed by atoms with Gasteiger partial charge in [-0.1, -0.05) is 0 Å². The van der Waals surface area contributed by atoms with Gasteiger partial charge in [-0.05, 0) is 23.7 Å². The molecule has 0 fully saturated rings. The molecule has 2 nitrogen and oxygen atoms in total. The average Bonchev–Trinajstić information content (AvgIpc) is 1.97. The van der Waals surface area contributed by atoms with E-state index in [0.29, 0.717) is 6.07 Å². The predicted molar refractivity (Wildman–Crippen MR) is 38.2 cm³/mol. The molecule has 0 aromatic heterocycles. The van der Waals surface area contributed by atoms with E-state index in [2.05, 4.69) is 0 Å². The van der Waals surface area contributed by atoms with Crippen LogP contribution in [0.2, 0.25) is 0 Å². The molecule has 0 radical (unpaired) electrons. The van der Waals surface area contributed by atoms with E-state index in [1.54, 1.807) is 0 Å². The second-order valence-electron chi connectivity index (χ2n) is 2.03. The van der Waals surface area contributed by atoms with Crippen molar-refractivity contribution in [3.63, 3.8) is 0 Å². The molecule has 0 heterocycles. The van der Waals surface area contributed by atoms with Crippen molar-refractivity contribution in [2.45, 2.75) is 0 Å². The lowest BCUT2D eigenvalue weighted by molar-refractivity contribution is 0.107. The van der Waals surface area contributed by atoms with Crippen molar-refractivity contribution in [3.8, 4) is 5.75 Å². The number of aromatic hydroxyl groups is 1. The Hall–Kier alpha value is -1.16. The number of carbonyl (C=O) groups is 1. The highest BCUT2D eigenvalue weighted by Gasteiger charge is 2.17. The van der Waals surface area contributed by atoms with Crippen molar-refractivity contribution in [2.24, 2.45) is 0 Å².